The van der Waals surface area contributed by atoms with Crippen molar-refractivity contribution in [3.8, 4) is 0 Å². The van der Waals surface area contributed by atoms with Crippen LogP contribution in [0.3, 0.4) is 0 Å². The SMILES string of the molecule is CNc1nn2cccnc2c1C=O. The molecule has 5 heteroatoms. The van der Waals surface area contributed by atoms with E-state index < -0.39 is 0 Å². The van der Waals surface area contributed by atoms with E-state index in [2.05, 4.69) is 15.4 Å². The molecule has 2 heterocycles. The van der Waals surface area contributed by atoms with Gasteiger partial charge in [0.2, 0.25) is 0 Å². The van der Waals surface area contributed by atoms with Crippen molar-refractivity contribution in [3.63, 3.8) is 0 Å². The normalized spacial score (nSPS) is 10.2. The van der Waals surface area contributed by atoms with Gasteiger partial charge in [0.05, 0.1) is 0 Å². The third kappa shape index (κ3) is 1.05. The minimum atomic E-state index is 0.489. The van der Waals surface area contributed by atoms with Crippen LogP contribution in [0.1, 0.15) is 10.4 Å². The number of aromatic nitrogens is 3. The quantitative estimate of drug-likeness (QED) is 0.680. The van der Waals surface area contributed by atoms with Crippen LogP contribution in [0.15, 0.2) is 18.5 Å². The van der Waals surface area contributed by atoms with Gasteiger partial charge in [0.1, 0.15) is 5.56 Å². The summed E-state index contributed by atoms with van der Waals surface area (Å²) in [6.45, 7) is 0. The maximum Gasteiger partial charge on any atom is 0.167 e. The molecule has 0 fully saturated rings. The van der Waals surface area contributed by atoms with Gasteiger partial charge in [-0.2, -0.15) is 0 Å². The first-order valence-corrected chi connectivity index (χ1v) is 3.83. The predicted octanol–water partition coefficient (Wildman–Crippen LogP) is 0.583. The lowest BCUT2D eigenvalue weighted by atomic mass is 10.3. The standard InChI is InChI=1S/C8H8N4O/c1-9-7-6(5-13)8-10-3-2-4-12(8)11-7/h2-5H,1H3,(H,9,11). The Labute approximate surface area is 74.4 Å². The van der Waals surface area contributed by atoms with Crippen LogP contribution in [0.5, 0.6) is 0 Å². The van der Waals surface area contributed by atoms with Crippen molar-refractivity contribution in [2.24, 2.45) is 0 Å². The molecule has 0 radical (unpaired) electrons. The number of nitrogens with zero attached hydrogens (tertiary/aromatic N) is 3. The van der Waals surface area contributed by atoms with Gasteiger partial charge in [0.15, 0.2) is 17.8 Å². The molecule has 2 aromatic heterocycles. The van der Waals surface area contributed by atoms with Gasteiger partial charge in [0.25, 0.3) is 0 Å². The molecule has 0 aliphatic rings. The van der Waals surface area contributed by atoms with Crippen LogP contribution in [0.4, 0.5) is 5.82 Å². The third-order valence-electron chi connectivity index (χ3n) is 1.79. The molecule has 5 nitrogen and oxygen atoms in total. The van der Waals surface area contributed by atoms with Gasteiger partial charge >= 0.3 is 0 Å². The first-order valence-electron chi connectivity index (χ1n) is 3.83. The molecule has 66 valence electrons. The van der Waals surface area contributed by atoms with E-state index in [0.29, 0.717) is 17.0 Å². The first kappa shape index (κ1) is 7.72. The van der Waals surface area contributed by atoms with Gasteiger partial charge in [-0.15, -0.1) is 5.10 Å². The fourth-order valence-corrected chi connectivity index (χ4v) is 1.20. The number of carbonyl (C=O) groups is 1. The molecule has 0 amide bonds. The molecule has 0 unspecified atom stereocenters. The number of hydrogen-bond donors (Lipinski definition) is 1. The van der Waals surface area contributed by atoms with Gasteiger partial charge < -0.3 is 5.32 Å². The van der Waals surface area contributed by atoms with Crippen molar-refractivity contribution >= 4 is 17.8 Å². The van der Waals surface area contributed by atoms with Crippen molar-refractivity contribution in [1.82, 2.24) is 14.6 Å². The molecular weight excluding hydrogens is 168 g/mol. The number of aldehydes is 1. The highest BCUT2D eigenvalue weighted by Crippen LogP contribution is 2.14. The zero-order chi connectivity index (χ0) is 9.26. The summed E-state index contributed by atoms with van der Waals surface area (Å²) in [5.74, 6) is 0.550. The lowest BCUT2D eigenvalue weighted by Crippen LogP contribution is -1.92. The van der Waals surface area contributed by atoms with Crippen LogP contribution in [0.2, 0.25) is 0 Å². The molecule has 0 atom stereocenters. The second-order valence-corrected chi connectivity index (χ2v) is 2.52. The van der Waals surface area contributed by atoms with E-state index in [1.807, 2.05) is 0 Å². The number of rotatable bonds is 2. The van der Waals surface area contributed by atoms with E-state index in [-0.39, 0.29) is 0 Å². The molecule has 1 N–H and O–H groups in total. The van der Waals surface area contributed by atoms with Crippen molar-refractivity contribution in [2.75, 3.05) is 12.4 Å². The van der Waals surface area contributed by atoms with E-state index >= 15 is 0 Å². The summed E-state index contributed by atoms with van der Waals surface area (Å²) in [5, 5.41) is 6.95. The first-order chi connectivity index (χ1) is 6.36. The highest BCUT2D eigenvalue weighted by molar-refractivity contribution is 5.91. The second-order valence-electron chi connectivity index (χ2n) is 2.52. The molecule has 0 aromatic carbocycles. The average Bonchev–Trinajstić information content (AvgIpc) is 2.55. The summed E-state index contributed by atoms with van der Waals surface area (Å²) < 4.78 is 1.57. The highest BCUT2D eigenvalue weighted by Gasteiger charge is 2.10. The molecule has 2 aromatic rings. The smallest absolute Gasteiger partial charge is 0.167 e. The topological polar surface area (TPSA) is 59.3 Å². The zero-order valence-corrected chi connectivity index (χ0v) is 7.06. The van der Waals surface area contributed by atoms with Gasteiger partial charge in [-0.05, 0) is 6.07 Å². The fraction of sp³-hybridized carbons (Fsp3) is 0.125. The maximum absolute atomic E-state index is 10.7. The van der Waals surface area contributed by atoms with Crippen LogP contribution in [-0.2, 0) is 0 Å². The number of nitrogens with one attached hydrogen (secondary N) is 1. The van der Waals surface area contributed by atoms with Crippen LogP contribution >= 0.6 is 0 Å². The van der Waals surface area contributed by atoms with E-state index in [0.717, 1.165) is 6.29 Å². The van der Waals surface area contributed by atoms with Crippen molar-refractivity contribution in [3.05, 3.63) is 24.0 Å². The largest absolute Gasteiger partial charge is 0.371 e. The third-order valence-corrected chi connectivity index (χ3v) is 1.79. The van der Waals surface area contributed by atoms with Crippen LogP contribution in [0, 0.1) is 0 Å². The van der Waals surface area contributed by atoms with Crippen LogP contribution in [-0.4, -0.2) is 27.9 Å². The lowest BCUT2D eigenvalue weighted by Gasteiger charge is -1.90. The summed E-state index contributed by atoms with van der Waals surface area (Å²) in [6, 6.07) is 1.76. The summed E-state index contributed by atoms with van der Waals surface area (Å²) in [6.07, 6.45) is 4.13. The predicted molar refractivity (Wildman–Crippen MR) is 47.9 cm³/mol. The Morgan fingerprint density at radius 1 is 1.62 bits per heavy atom. The minimum absolute atomic E-state index is 0.489. The van der Waals surface area contributed by atoms with Crippen LogP contribution < -0.4 is 5.32 Å². The Bertz CT molecular complexity index is 448. The zero-order valence-electron chi connectivity index (χ0n) is 7.06. The summed E-state index contributed by atoms with van der Waals surface area (Å²) in [5.41, 5.74) is 1.06. The Kier molecular flexibility index (Phi) is 1.70. The molecular formula is C8H8N4O. The molecule has 0 aliphatic heterocycles. The molecule has 0 saturated heterocycles. The number of carbonyl (C=O) groups excluding carboxylic acids is 1. The monoisotopic (exact) mass is 176 g/mol. The Hall–Kier alpha value is -1.91. The highest BCUT2D eigenvalue weighted by atomic mass is 16.1. The summed E-state index contributed by atoms with van der Waals surface area (Å²) in [4.78, 5) is 14.8. The maximum atomic E-state index is 10.7. The Balaban J connectivity index is 2.81. The van der Waals surface area contributed by atoms with E-state index in [4.69, 9.17) is 0 Å². The van der Waals surface area contributed by atoms with Crippen LogP contribution in [0.25, 0.3) is 5.65 Å². The van der Waals surface area contributed by atoms with Gasteiger partial charge in [-0.1, -0.05) is 0 Å². The van der Waals surface area contributed by atoms with E-state index in [1.54, 1.807) is 30.0 Å². The van der Waals surface area contributed by atoms with Gasteiger partial charge in [-0.25, -0.2) is 9.50 Å². The summed E-state index contributed by atoms with van der Waals surface area (Å²) in [7, 11) is 1.72. The molecule has 0 saturated carbocycles. The van der Waals surface area contributed by atoms with Crippen molar-refractivity contribution in [2.45, 2.75) is 0 Å². The Morgan fingerprint density at radius 3 is 3.15 bits per heavy atom. The average molecular weight is 176 g/mol. The molecule has 0 bridgehead atoms. The fourth-order valence-electron chi connectivity index (χ4n) is 1.20. The Morgan fingerprint density at radius 2 is 2.46 bits per heavy atom. The molecule has 13 heavy (non-hydrogen) atoms. The molecule has 0 aliphatic carbocycles. The van der Waals surface area contributed by atoms with Crippen molar-refractivity contribution < 1.29 is 4.79 Å². The number of fused-ring (bicyclic) bond motifs is 1. The molecule has 0 spiro atoms. The van der Waals surface area contributed by atoms with E-state index in [9.17, 15) is 4.79 Å². The van der Waals surface area contributed by atoms with Gasteiger partial charge in [0, 0.05) is 19.4 Å². The number of hydrogen-bond acceptors (Lipinski definition) is 4. The lowest BCUT2D eigenvalue weighted by molar-refractivity contribution is 0.112. The minimum Gasteiger partial charge on any atom is -0.371 e. The van der Waals surface area contributed by atoms with E-state index in [1.165, 1.54) is 0 Å². The second kappa shape index (κ2) is 2.85. The van der Waals surface area contributed by atoms with Gasteiger partial charge in [-0.3, -0.25) is 4.79 Å². The molecule has 2 rings (SSSR count). The summed E-state index contributed by atoms with van der Waals surface area (Å²) >= 11 is 0. The number of anilines is 1. The van der Waals surface area contributed by atoms with Crippen molar-refractivity contribution in [1.29, 1.82) is 0 Å².